The van der Waals surface area contributed by atoms with Crippen molar-refractivity contribution in [2.24, 2.45) is 11.7 Å². The fourth-order valence-corrected chi connectivity index (χ4v) is 3.02. The molecule has 0 saturated carbocycles. The number of hydrogen-bond donors (Lipinski definition) is 1. The number of piperidine rings is 1. The molecule has 132 valence electrons. The number of primary amides is 1. The second-order valence-electron chi connectivity index (χ2n) is 6.24. The molecule has 1 fully saturated rings. The maximum Gasteiger partial charge on any atom is 0.227 e. The van der Waals surface area contributed by atoms with Crippen LogP contribution in [0.5, 0.6) is 0 Å². The van der Waals surface area contributed by atoms with E-state index in [1.54, 1.807) is 24.5 Å². The van der Waals surface area contributed by atoms with E-state index < -0.39 is 0 Å². The van der Waals surface area contributed by atoms with E-state index in [4.69, 9.17) is 10.3 Å². The third-order valence-corrected chi connectivity index (χ3v) is 4.42. The summed E-state index contributed by atoms with van der Waals surface area (Å²) in [7, 11) is 0. The van der Waals surface area contributed by atoms with Crippen LogP contribution in [0.4, 0.5) is 0 Å². The van der Waals surface area contributed by atoms with Gasteiger partial charge in [-0.05, 0) is 30.9 Å². The van der Waals surface area contributed by atoms with Crippen LogP contribution >= 0.6 is 0 Å². The Labute approximate surface area is 145 Å². The molecule has 0 unspecified atom stereocenters. The molecule has 2 N–H and O–H groups in total. The van der Waals surface area contributed by atoms with Gasteiger partial charge in [0.25, 0.3) is 0 Å². The van der Waals surface area contributed by atoms with Gasteiger partial charge in [-0.25, -0.2) is 0 Å². The van der Waals surface area contributed by atoms with Gasteiger partial charge in [0.1, 0.15) is 0 Å². The van der Waals surface area contributed by atoms with Gasteiger partial charge < -0.3 is 15.2 Å². The van der Waals surface area contributed by atoms with Crippen LogP contribution in [-0.2, 0) is 16.0 Å². The smallest absolute Gasteiger partial charge is 0.227 e. The fourth-order valence-electron chi connectivity index (χ4n) is 3.02. The zero-order valence-electron chi connectivity index (χ0n) is 13.9. The first-order valence-corrected chi connectivity index (χ1v) is 8.41. The Balaban J connectivity index is 1.47. The molecule has 8 heteroatoms. The minimum absolute atomic E-state index is 0.0705. The van der Waals surface area contributed by atoms with Crippen molar-refractivity contribution in [3.63, 3.8) is 0 Å². The lowest BCUT2D eigenvalue weighted by molar-refractivity contribution is -0.132. The summed E-state index contributed by atoms with van der Waals surface area (Å²) in [5.41, 5.74) is 6.05. The third kappa shape index (κ3) is 4.62. The van der Waals surface area contributed by atoms with Crippen LogP contribution in [0, 0.1) is 5.92 Å². The number of nitrogens with two attached hydrogens (primary N) is 1. The molecule has 0 spiro atoms. The first-order chi connectivity index (χ1) is 12.1. The highest BCUT2D eigenvalue weighted by Crippen LogP contribution is 2.21. The molecule has 2 aromatic rings. The highest BCUT2D eigenvalue weighted by molar-refractivity contribution is 5.76. The second-order valence-corrected chi connectivity index (χ2v) is 6.24. The zero-order chi connectivity index (χ0) is 17.6. The highest BCUT2D eigenvalue weighted by Gasteiger charge is 2.24. The van der Waals surface area contributed by atoms with E-state index in [2.05, 4.69) is 15.1 Å². The van der Waals surface area contributed by atoms with Crippen molar-refractivity contribution in [1.29, 1.82) is 0 Å². The van der Waals surface area contributed by atoms with Crippen LogP contribution in [0.2, 0.25) is 0 Å². The molecule has 2 aromatic heterocycles. The molecule has 1 aliphatic rings. The lowest BCUT2D eigenvalue weighted by atomic mass is 9.93. The molecule has 0 atom stereocenters. The normalized spacial score (nSPS) is 15.3. The Morgan fingerprint density at radius 1 is 1.24 bits per heavy atom. The summed E-state index contributed by atoms with van der Waals surface area (Å²) in [6.45, 7) is 1.34. The van der Waals surface area contributed by atoms with E-state index in [1.165, 1.54) is 0 Å². The molecule has 1 saturated heterocycles. The van der Waals surface area contributed by atoms with Crippen LogP contribution in [0.1, 0.15) is 31.6 Å². The third-order valence-electron chi connectivity index (χ3n) is 4.42. The average molecular weight is 343 g/mol. The number of carbonyl (C=O) groups excluding carboxylic acids is 2. The number of amides is 2. The van der Waals surface area contributed by atoms with E-state index in [9.17, 15) is 9.59 Å². The zero-order valence-corrected chi connectivity index (χ0v) is 13.9. The molecule has 2 amide bonds. The SMILES string of the molecule is NC(=O)CC1CCN(C(=O)CCc2nc(-c3ccncc3)no2)CC1. The predicted octanol–water partition coefficient (Wildman–Crippen LogP) is 1.18. The maximum atomic E-state index is 12.3. The lowest BCUT2D eigenvalue weighted by Gasteiger charge is -2.31. The Hall–Kier alpha value is -2.77. The van der Waals surface area contributed by atoms with E-state index in [0.717, 1.165) is 18.4 Å². The summed E-state index contributed by atoms with van der Waals surface area (Å²) in [4.78, 5) is 33.4. The van der Waals surface area contributed by atoms with Gasteiger partial charge in [-0.2, -0.15) is 4.98 Å². The molecule has 0 radical (unpaired) electrons. The fraction of sp³-hybridized carbons (Fsp3) is 0.471. The number of aromatic nitrogens is 3. The number of hydrogen-bond acceptors (Lipinski definition) is 6. The molecular formula is C17H21N5O3. The van der Waals surface area contributed by atoms with Gasteiger partial charge in [-0.15, -0.1) is 0 Å². The number of aryl methyl sites for hydroxylation is 1. The van der Waals surface area contributed by atoms with E-state index in [0.29, 0.717) is 50.0 Å². The highest BCUT2D eigenvalue weighted by atomic mass is 16.5. The molecule has 1 aliphatic heterocycles. The Morgan fingerprint density at radius 2 is 1.96 bits per heavy atom. The lowest BCUT2D eigenvalue weighted by Crippen LogP contribution is -2.39. The quantitative estimate of drug-likeness (QED) is 0.842. The minimum Gasteiger partial charge on any atom is -0.370 e. The van der Waals surface area contributed by atoms with Crippen LogP contribution in [0.3, 0.4) is 0 Å². The topological polar surface area (TPSA) is 115 Å². The number of pyridine rings is 1. The van der Waals surface area contributed by atoms with Gasteiger partial charge in [-0.3, -0.25) is 14.6 Å². The average Bonchev–Trinajstić information content (AvgIpc) is 3.10. The van der Waals surface area contributed by atoms with Gasteiger partial charge >= 0.3 is 0 Å². The van der Waals surface area contributed by atoms with Gasteiger partial charge in [0, 0.05) is 50.3 Å². The number of carbonyl (C=O) groups is 2. The standard InChI is InChI=1S/C17H21N5O3/c18-14(23)11-12-5-9-22(10-6-12)16(24)2-1-15-20-17(21-25-15)13-3-7-19-8-4-13/h3-4,7-8,12H,1-2,5-6,9-11H2,(H2,18,23). The molecule has 0 aliphatic carbocycles. The van der Waals surface area contributed by atoms with E-state index >= 15 is 0 Å². The largest absolute Gasteiger partial charge is 0.370 e. The number of nitrogens with zero attached hydrogens (tertiary/aromatic N) is 4. The van der Waals surface area contributed by atoms with Crippen molar-refractivity contribution in [1.82, 2.24) is 20.0 Å². The van der Waals surface area contributed by atoms with Gasteiger partial charge in [0.05, 0.1) is 0 Å². The van der Waals surface area contributed by atoms with Crippen LogP contribution in [0.25, 0.3) is 11.4 Å². The Kier molecular flexibility index (Phi) is 5.37. The molecule has 0 aromatic carbocycles. The van der Waals surface area contributed by atoms with Crippen molar-refractivity contribution < 1.29 is 14.1 Å². The monoisotopic (exact) mass is 343 g/mol. The Bertz CT molecular complexity index is 723. The summed E-state index contributed by atoms with van der Waals surface area (Å²) >= 11 is 0. The van der Waals surface area contributed by atoms with Crippen molar-refractivity contribution >= 4 is 11.8 Å². The maximum absolute atomic E-state index is 12.3. The van der Waals surface area contributed by atoms with Gasteiger partial charge in [-0.1, -0.05) is 5.16 Å². The molecule has 3 rings (SSSR count). The minimum atomic E-state index is -0.272. The second kappa shape index (κ2) is 7.87. The number of likely N-dealkylation sites (tertiary alicyclic amines) is 1. The van der Waals surface area contributed by atoms with Crippen molar-refractivity contribution in [2.75, 3.05) is 13.1 Å². The van der Waals surface area contributed by atoms with Crippen molar-refractivity contribution in [3.8, 4) is 11.4 Å². The van der Waals surface area contributed by atoms with Gasteiger partial charge in [0.2, 0.25) is 23.5 Å². The summed E-state index contributed by atoms with van der Waals surface area (Å²) < 4.78 is 5.21. The molecule has 25 heavy (non-hydrogen) atoms. The van der Waals surface area contributed by atoms with Crippen molar-refractivity contribution in [3.05, 3.63) is 30.4 Å². The summed E-state index contributed by atoms with van der Waals surface area (Å²) in [5, 5.41) is 3.93. The number of rotatable bonds is 6. The van der Waals surface area contributed by atoms with Crippen LogP contribution in [-0.4, -0.2) is 44.9 Å². The van der Waals surface area contributed by atoms with E-state index in [-0.39, 0.29) is 11.8 Å². The van der Waals surface area contributed by atoms with E-state index in [1.807, 2.05) is 4.90 Å². The van der Waals surface area contributed by atoms with Crippen LogP contribution in [0.15, 0.2) is 29.0 Å². The summed E-state index contributed by atoms with van der Waals surface area (Å²) in [6.07, 6.45) is 6.12. The first-order valence-electron chi connectivity index (χ1n) is 8.41. The van der Waals surface area contributed by atoms with Crippen molar-refractivity contribution in [2.45, 2.75) is 32.1 Å². The summed E-state index contributed by atoms with van der Waals surface area (Å²) in [5.74, 6) is 1.04. The molecule has 0 bridgehead atoms. The molecule has 3 heterocycles. The first kappa shape index (κ1) is 17.1. The molecular weight excluding hydrogens is 322 g/mol. The van der Waals surface area contributed by atoms with Gasteiger partial charge in [0.15, 0.2) is 0 Å². The molecule has 8 nitrogen and oxygen atoms in total. The Morgan fingerprint density at radius 3 is 2.64 bits per heavy atom. The van der Waals surface area contributed by atoms with Crippen LogP contribution < -0.4 is 5.73 Å². The summed E-state index contributed by atoms with van der Waals surface area (Å²) in [6, 6.07) is 3.60. The predicted molar refractivity (Wildman–Crippen MR) is 89.0 cm³/mol.